The second-order valence-corrected chi connectivity index (χ2v) is 4.80. The van der Waals surface area contributed by atoms with Crippen LogP contribution in [0.5, 0.6) is 0 Å². The third-order valence-corrected chi connectivity index (χ3v) is 3.60. The van der Waals surface area contributed by atoms with Crippen LogP contribution in [0.2, 0.25) is 0 Å². The van der Waals surface area contributed by atoms with Crippen LogP contribution in [0, 0.1) is 0 Å². The van der Waals surface area contributed by atoms with Crippen molar-refractivity contribution in [3.8, 4) is 0 Å². The van der Waals surface area contributed by atoms with E-state index >= 15 is 0 Å². The Balaban J connectivity index is 2.74. The van der Waals surface area contributed by atoms with Gasteiger partial charge in [-0.3, -0.25) is 9.35 Å². The monoisotopic (exact) mass is 210 g/mol. The van der Waals surface area contributed by atoms with Gasteiger partial charge in [-0.05, 0) is 0 Å². The molecule has 1 heterocycles. The Morgan fingerprint density at radius 1 is 1.75 bits per heavy atom. The zero-order valence-electron chi connectivity index (χ0n) is 5.72. The minimum Gasteiger partial charge on any atom is -0.370 e. The van der Waals surface area contributed by atoms with Crippen LogP contribution in [0.3, 0.4) is 0 Å². The molecule has 1 aliphatic heterocycles. The molecule has 0 aromatic carbocycles. The Morgan fingerprint density at radius 3 is 2.58 bits per heavy atom. The molecule has 0 radical (unpaired) electrons. The summed E-state index contributed by atoms with van der Waals surface area (Å²) in [5.41, 5.74) is 4.87. The van der Waals surface area contributed by atoms with E-state index in [0.717, 1.165) is 6.20 Å². The van der Waals surface area contributed by atoms with Gasteiger partial charge in [0.25, 0.3) is 5.91 Å². The lowest BCUT2D eigenvalue weighted by Gasteiger charge is -2.03. The molecule has 0 aliphatic carbocycles. The fraction of sp³-hybridized carbons (Fsp3) is 0.250. The summed E-state index contributed by atoms with van der Waals surface area (Å²) in [5, 5.41) is 1.58. The highest BCUT2D eigenvalue weighted by Crippen LogP contribution is 2.28. The van der Waals surface area contributed by atoms with E-state index in [9.17, 15) is 13.2 Å². The molecule has 68 valence electrons. The van der Waals surface area contributed by atoms with Crippen molar-refractivity contribution in [2.24, 2.45) is 5.73 Å². The molecule has 1 amide bonds. The van der Waals surface area contributed by atoms with E-state index < -0.39 is 21.4 Å². The van der Waals surface area contributed by atoms with Gasteiger partial charge in [0.05, 0.1) is 0 Å². The van der Waals surface area contributed by atoms with E-state index in [4.69, 9.17) is 10.3 Å². The summed E-state index contributed by atoms with van der Waals surface area (Å²) in [6.07, 6.45) is 1.04. The number of rotatable bonds is 2. The first kappa shape index (κ1) is 9.36. The maximum Gasteiger partial charge on any atom is 0.302 e. The minimum atomic E-state index is -4.22. The molecule has 0 saturated carbocycles. The lowest BCUT2D eigenvalue weighted by molar-refractivity contribution is -0.117. The molecule has 12 heavy (non-hydrogen) atoms. The normalized spacial score (nSPS) is 23.1. The molecule has 1 aliphatic rings. The number of nitrogens with one attached hydrogen (secondary N) is 1. The molecule has 6 nitrogen and oxygen atoms in total. The molecular weight excluding hydrogens is 204 g/mol. The summed E-state index contributed by atoms with van der Waals surface area (Å²) in [6.45, 7) is 0. The average Bonchev–Trinajstić information content (AvgIpc) is 2.30. The van der Waals surface area contributed by atoms with Gasteiger partial charge in [-0.15, -0.1) is 0 Å². The van der Waals surface area contributed by atoms with Crippen molar-refractivity contribution in [3.05, 3.63) is 10.4 Å². The van der Waals surface area contributed by atoms with Gasteiger partial charge in [0.2, 0.25) is 0 Å². The van der Waals surface area contributed by atoms with Crippen LogP contribution in [-0.2, 0) is 14.9 Å². The van der Waals surface area contributed by atoms with Crippen LogP contribution >= 0.6 is 11.8 Å². The van der Waals surface area contributed by atoms with Gasteiger partial charge in [0.1, 0.15) is 4.24 Å². The number of amides is 1. The Kier molecular flexibility index (Phi) is 2.31. The van der Waals surface area contributed by atoms with Crippen molar-refractivity contribution in [3.63, 3.8) is 0 Å². The van der Waals surface area contributed by atoms with Crippen molar-refractivity contribution in [1.82, 2.24) is 5.32 Å². The van der Waals surface area contributed by atoms with E-state index in [2.05, 4.69) is 5.32 Å². The zero-order valence-corrected chi connectivity index (χ0v) is 7.35. The first-order valence-electron chi connectivity index (χ1n) is 2.81. The fourth-order valence-corrected chi connectivity index (χ4v) is 2.22. The standard InChI is InChI=1S/C4H6N2O4S2/c5-3(7)4-6-1-2(11-4)12(8,9)10/h1,4,6H,(H2,5,7)(H,8,9,10). The van der Waals surface area contributed by atoms with E-state index in [1.54, 1.807) is 0 Å². The number of thioether (sulfide) groups is 1. The molecule has 0 saturated heterocycles. The zero-order chi connectivity index (χ0) is 9.35. The number of carbonyl (C=O) groups is 1. The van der Waals surface area contributed by atoms with E-state index in [1.165, 1.54) is 0 Å². The van der Waals surface area contributed by atoms with Crippen LogP contribution in [0.25, 0.3) is 0 Å². The Labute approximate surface area is 72.9 Å². The fourth-order valence-electron chi connectivity index (χ4n) is 0.603. The second-order valence-electron chi connectivity index (χ2n) is 2.01. The van der Waals surface area contributed by atoms with Crippen molar-refractivity contribution >= 4 is 27.8 Å². The minimum absolute atomic E-state index is 0.300. The maximum atomic E-state index is 10.5. The summed E-state index contributed by atoms with van der Waals surface area (Å²) in [4.78, 5) is 10.5. The SMILES string of the molecule is NC(=O)C1NC=C(S(=O)(=O)O)S1. The Morgan fingerprint density at radius 2 is 2.33 bits per heavy atom. The van der Waals surface area contributed by atoms with E-state index in [1.807, 2.05) is 0 Å². The van der Waals surface area contributed by atoms with Gasteiger partial charge < -0.3 is 11.1 Å². The molecule has 0 fully saturated rings. The summed E-state index contributed by atoms with van der Waals surface area (Å²) >= 11 is 0.663. The molecule has 0 aromatic rings. The highest BCUT2D eigenvalue weighted by molar-refractivity contribution is 8.17. The third kappa shape index (κ3) is 1.90. The first-order valence-corrected chi connectivity index (χ1v) is 5.13. The second kappa shape index (κ2) is 2.96. The lowest BCUT2D eigenvalue weighted by Crippen LogP contribution is -2.32. The van der Waals surface area contributed by atoms with Crippen LogP contribution in [-0.4, -0.2) is 24.3 Å². The van der Waals surface area contributed by atoms with E-state index in [-0.39, 0.29) is 4.24 Å². The average molecular weight is 210 g/mol. The van der Waals surface area contributed by atoms with Crippen LogP contribution < -0.4 is 11.1 Å². The largest absolute Gasteiger partial charge is 0.370 e. The number of nitrogens with two attached hydrogens (primary N) is 1. The predicted molar refractivity (Wildman–Crippen MR) is 43.3 cm³/mol. The molecule has 0 bridgehead atoms. The van der Waals surface area contributed by atoms with Crippen molar-refractivity contribution in [2.75, 3.05) is 0 Å². The van der Waals surface area contributed by atoms with Gasteiger partial charge in [0.15, 0.2) is 5.37 Å². The van der Waals surface area contributed by atoms with Crippen molar-refractivity contribution < 1.29 is 17.8 Å². The molecule has 1 rings (SSSR count). The topological polar surface area (TPSA) is 109 Å². The Hall–Kier alpha value is -0.730. The molecular formula is C4H6N2O4S2. The smallest absolute Gasteiger partial charge is 0.302 e. The van der Waals surface area contributed by atoms with Gasteiger partial charge in [-0.1, -0.05) is 11.8 Å². The lowest BCUT2D eigenvalue weighted by atomic mass is 10.6. The molecule has 8 heteroatoms. The predicted octanol–water partition coefficient (Wildman–Crippen LogP) is -1.18. The first-order chi connectivity index (χ1) is 5.41. The molecule has 0 spiro atoms. The Bertz CT molecular complexity index is 333. The maximum absolute atomic E-state index is 10.5. The van der Waals surface area contributed by atoms with Gasteiger partial charge in [-0.25, -0.2) is 0 Å². The molecule has 4 N–H and O–H groups in total. The molecule has 1 unspecified atom stereocenters. The van der Waals surface area contributed by atoms with Gasteiger partial charge >= 0.3 is 10.1 Å². The highest BCUT2D eigenvalue weighted by Gasteiger charge is 2.28. The summed E-state index contributed by atoms with van der Waals surface area (Å²) in [5.74, 6) is -0.685. The number of hydrogen-bond acceptors (Lipinski definition) is 5. The van der Waals surface area contributed by atoms with Crippen LogP contribution in [0.15, 0.2) is 10.4 Å². The van der Waals surface area contributed by atoms with E-state index in [0.29, 0.717) is 11.8 Å². The third-order valence-electron chi connectivity index (χ3n) is 1.10. The van der Waals surface area contributed by atoms with Crippen molar-refractivity contribution in [1.29, 1.82) is 0 Å². The quantitative estimate of drug-likeness (QED) is 0.495. The molecule has 0 aromatic heterocycles. The van der Waals surface area contributed by atoms with Crippen LogP contribution in [0.4, 0.5) is 0 Å². The highest BCUT2D eigenvalue weighted by atomic mass is 32.3. The van der Waals surface area contributed by atoms with Gasteiger partial charge in [-0.2, -0.15) is 8.42 Å². The number of hydrogen-bond donors (Lipinski definition) is 3. The summed E-state index contributed by atoms with van der Waals surface area (Å²) in [7, 11) is -4.22. The number of carbonyl (C=O) groups excluding carboxylic acids is 1. The van der Waals surface area contributed by atoms with Gasteiger partial charge in [0, 0.05) is 6.20 Å². The van der Waals surface area contributed by atoms with Crippen LogP contribution in [0.1, 0.15) is 0 Å². The van der Waals surface area contributed by atoms with Crippen molar-refractivity contribution in [2.45, 2.75) is 5.37 Å². The molecule has 1 atom stereocenters. The summed E-state index contributed by atoms with van der Waals surface area (Å²) < 4.78 is 29.2. The number of primary amides is 1. The summed E-state index contributed by atoms with van der Waals surface area (Å²) in [6, 6.07) is 0.